The summed E-state index contributed by atoms with van der Waals surface area (Å²) in [6.07, 6.45) is 2.79. The van der Waals surface area contributed by atoms with Crippen LogP contribution in [0.5, 0.6) is 5.75 Å². The predicted molar refractivity (Wildman–Crippen MR) is 114 cm³/mol. The molecule has 1 N–H and O–H groups in total. The Kier molecular flexibility index (Phi) is 6.61. The zero-order valence-electron chi connectivity index (χ0n) is 15.6. The van der Waals surface area contributed by atoms with Crippen LogP contribution >= 0.6 is 23.4 Å². The zero-order valence-corrected chi connectivity index (χ0v) is 17.1. The van der Waals surface area contributed by atoms with Crippen molar-refractivity contribution < 1.29 is 4.74 Å². The lowest BCUT2D eigenvalue weighted by Gasteiger charge is -2.32. The van der Waals surface area contributed by atoms with Crippen molar-refractivity contribution in [2.75, 3.05) is 31.9 Å². The quantitative estimate of drug-likeness (QED) is 0.757. The van der Waals surface area contributed by atoms with Gasteiger partial charge in [-0.05, 0) is 68.2 Å². The first-order valence-corrected chi connectivity index (χ1v) is 11.2. The Balaban J connectivity index is 1.15. The van der Waals surface area contributed by atoms with Gasteiger partial charge in [-0.2, -0.15) is 0 Å². The zero-order chi connectivity index (χ0) is 18.5. The molecule has 2 aliphatic heterocycles. The standard InChI is InChI=1S/C22H27ClN2OS/c23-19-5-3-4-18(12-19)15-25-10-8-17(9-11-25)13-24-14-20-16-27-22-7-2-1-6-21(22)26-20/h1-7,12,17,20,24H,8-11,13-16H2. The molecule has 0 amide bonds. The number of benzene rings is 2. The van der Waals surface area contributed by atoms with E-state index >= 15 is 0 Å². The van der Waals surface area contributed by atoms with Crippen molar-refractivity contribution in [2.24, 2.45) is 5.92 Å². The molecule has 2 aliphatic rings. The second-order valence-corrected chi connectivity index (χ2v) is 9.00. The number of nitrogens with one attached hydrogen (secondary N) is 1. The highest BCUT2D eigenvalue weighted by atomic mass is 35.5. The molecule has 0 spiro atoms. The van der Waals surface area contributed by atoms with Gasteiger partial charge in [0.05, 0.1) is 0 Å². The molecule has 3 nitrogen and oxygen atoms in total. The molecule has 27 heavy (non-hydrogen) atoms. The summed E-state index contributed by atoms with van der Waals surface area (Å²) in [5, 5.41) is 4.48. The van der Waals surface area contributed by atoms with E-state index < -0.39 is 0 Å². The maximum absolute atomic E-state index is 6.11. The third kappa shape index (κ3) is 5.41. The molecule has 0 aromatic heterocycles. The highest BCUT2D eigenvalue weighted by Gasteiger charge is 2.22. The van der Waals surface area contributed by atoms with Gasteiger partial charge in [0.15, 0.2) is 0 Å². The Morgan fingerprint density at radius 2 is 1.93 bits per heavy atom. The lowest BCUT2D eigenvalue weighted by atomic mass is 9.96. The van der Waals surface area contributed by atoms with Gasteiger partial charge in [-0.25, -0.2) is 0 Å². The maximum Gasteiger partial charge on any atom is 0.133 e. The molecule has 2 heterocycles. The number of halogens is 1. The van der Waals surface area contributed by atoms with Gasteiger partial charge in [-0.1, -0.05) is 35.9 Å². The van der Waals surface area contributed by atoms with Crippen molar-refractivity contribution in [1.29, 1.82) is 0 Å². The van der Waals surface area contributed by atoms with E-state index in [9.17, 15) is 0 Å². The first-order chi connectivity index (χ1) is 13.3. The van der Waals surface area contributed by atoms with E-state index in [1.54, 1.807) is 0 Å². The summed E-state index contributed by atoms with van der Waals surface area (Å²) in [7, 11) is 0. The molecule has 2 aromatic rings. The van der Waals surface area contributed by atoms with Crippen LogP contribution in [0.4, 0.5) is 0 Å². The predicted octanol–water partition coefficient (Wildman–Crippen LogP) is 4.69. The highest BCUT2D eigenvalue weighted by molar-refractivity contribution is 7.99. The Morgan fingerprint density at radius 1 is 1.07 bits per heavy atom. The first kappa shape index (κ1) is 19.1. The first-order valence-electron chi connectivity index (χ1n) is 9.82. The molecule has 4 rings (SSSR count). The van der Waals surface area contributed by atoms with Crippen LogP contribution in [-0.4, -0.2) is 42.9 Å². The van der Waals surface area contributed by atoms with E-state index in [-0.39, 0.29) is 6.10 Å². The van der Waals surface area contributed by atoms with Crippen LogP contribution in [-0.2, 0) is 6.54 Å². The summed E-state index contributed by atoms with van der Waals surface area (Å²) < 4.78 is 6.11. The maximum atomic E-state index is 6.11. The summed E-state index contributed by atoms with van der Waals surface area (Å²) >= 11 is 8.00. The molecule has 144 valence electrons. The number of nitrogens with zero attached hydrogens (tertiary/aromatic N) is 1. The molecule has 0 radical (unpaired) electrons. The van der Waals surface area contributed by atoms with Gasteiger partial charge in [0, 0.05) is 28.8 Å². The summed E-state index contributed by atoms with van der Waals surface area (Å²) in [4.78, 5) is 3.81. The fraction of sp³-hybridized carbons (Fsp3) is 0.455. The minimum atomic E-state index is 0.271. The minimum Gasteiger partial charge on any atom is -0.487 e. The van der Waals surface area contributed by atoms with Gasteiger partial charge in [0.25, 0.3) is 0 Å². The van der Waals surface area contributed by atoms with E-state index in [4.69, 9.17) is 16.3 Å². The van der Waals surface area contributed by atoms with E-state index in [1.165, 1.54) is 36.4 Å². The largest absolute Gasteiger partial charge is 0.487 e. The van der Waals surface area contributed by atoms with Crippen LogP contribution in [0.2, 0.25) is 5.02 Å². The van der Waals surface area contributed by atoms with E-state index in [1.807, 2.05) is 30.0 Å². The van der Waals surface area contributed by atoms with Crippen molar-refractivity contribution in [3.8, 4) is 5.75 Å². The summed E-state index contributed by atoms with van der Waals surface area (Å²) in [5.41, 5.74) is 1.31. The van der Waals surface area contributed by atoms with Crippen LogP contribution in [0, 0.1) is 5.92 Å². The molecule has 0 aliphatic carbocycles. The average molecular weight is 403 g/mol. The second kappa shape index (κ2) is 9.33. The lowest BCUT2D eigenvalue weighted by molar-refractivity contribution is 0.168. The summed E-state index contributed by atoms with van der Waals surface area (Å²) in [5.74, 6) is 2.83. The van der Waals surface area contributed by atoms with Gasteiger partial charge in [-0.3, -0.25) is 4.90 Å². The molecule has 1 unspecified atom stereocenters. The van der Waals surface area contributed by atoms with E-state index in [0.717, 1.165) is 42.1 Å². The van der Waals surface area contributed by atoms with E-state index in [0.29, 0.717) is 0 Å². The Hall–Kier alpha value is -1.20. The van der Waals surface area contributed by atoms with Crippen molar-refractivity contribution >= 4 is 23.4 Å². The third-order valence-electron chi connectivity index (χ3n) is 5.37. The van der Waals surface area contributed by atoms with Crippen molar-refractivity contribution in [3.63, 3.8) is 0 Å². The molecule has 1 fully saturated rings. The number of rotatable bonds is 6. The third-order valence-corrected chi connectivity index (χ3v) is 6.80. The average Bonchev–Trinajstić information content (AvgIpc) is 2.69. The molecule has 2 aromatic carbocycles. The normalized spacial score (nSPS) is 20.9. The number of para-hydroxylation sites is 1. The van der Waals surface area contributed by atoms with Crippen LogP contribution in [0.1, 0.15) is 18.4 Å². The number of hydrogen-bond acceptors (Lipinski definition) is 4. The Bertz CT molecular complexity index is 749. The van der Waals surface area contributed by atoms with Gasteiger partial charge < -0.3 is 10.1 Å². The van der Waals surface area contributed by atoms with Gasteiger partial charge in [0.1, 0.15) is 11.9 Å². The molecule has 0 saturated carbocycles. The molecule has 0 bridgehead atoms. The van der Waals surface area contributed by atoms with Crippen LogP contribution in [0.15, 0.2) is 53.4 Å². The van der Waals surface area contributed by atoms with Crippen LogP contribution in [0.25, 0.3) is 0 Å². The van der Waals surface area contributed by atoms with Gasteiger partial charge in [0.2, 0.25) is 0 Å². The number of hydrogen-bond donors (Lipinski definition) is 1. The number of piperidine rings is 1. The van der Waals surface area contributed by atoms with Gasteiger partial charge >= 0.3 is 0 Å². The molecule has 1 atom stereocenters. The Labute approximate surface area is 171 Å². The van der Waals surface area contributed by atoms with Crippen LogP contribution in [0.3, 0.4) is 0 Å². The van der Waals surface area contributed by atoms with Crippen molar-refractivity contribution in [1.82, 2.24) is 10.2 Å². The smallest absolute Gasteiger partial charge is 0.133 e. The number of ether oxygens (including phenoxy) is 1. The summed E-state index contributed by atoms with van der Waals surface area (Å²) in [6.45, 7) is 5.37. The SMILES string of the molecule is Clc1cccc(CN2CCC(CNCC3CSc4ccccc4O3)CC2)c1. The molecule has 5 heteroatoms. The molecular formula is C22H27ClN2OS. The van der Waals surface area contributed by atoms with Gasteiger partial charge in [-0.15, -0.1) is 11.8 Å². The fourth-order valence-electron chi connectivity index (χ4n) is 3.85. The topological polar surface area (TPSA) is 24.5 Å². The van der Waals surface area contributed by atoms with E-state index in [2.05, 4.69) is 40.5 Å². The van der Waals surface area contributed by atoms with Crippen LogP contribution < -0.4 is 10.1 Å². The second-order valence-electron chi connectivity index (χ2n) is 7.51. The van der Waals surface area contributed by atoms with Crippen molar-refractivity contribution in [2.45, 2.75) is 30.4 Å². The van der Waals surface area contributed by atoms with Crippen molar-refractivity contribution in [3.05, 3.63) is 59.1 Å². The monoisotopic (exact) mass is 402 g/mol. The lowest BCUT2D eigenvalue weighted by Crippen LogP contribution is -2.40. The number of thioether (sulfide) groups is 1. The highest BCUT2D eigenvalue weighted by Crippen LogP contribution is 2.34. The summed E-state index contributed by atoms with van der Waals surface area (Å²) in [6, 6.07) is 16.6. The minimum absolute atomic E-state index is 0.271. The Morgan fingerprint density at radius 3 is 2.78 bits per heavy atom. The number of fused-ring (bicyclic) bond motifs is 1. The number of likely N-dealkylation sites (tertiary alicyclic amines) is 1. The molecule has 1 saturated heterocycles. The fourth-order valence-corrected chi connectivity index (χ4v) is 5.05. The molecular weight excluding hydrogens is 376 g/mol.